The molecule has 2 amide bonds. The van der Waals surface area contributed by atoms with Gasteiger partial charge in [-0.05, 0) is 83.9 Å². The van der Waals surface area contributed by atoms with Gasteiger partial charge in [-0.2, -0.15) is 0 Å². The van der Waals surface area contributed by atoms with E-state index in [1.807, 2.05) is 50.4 Å². The second kappa shape index (κ2) is 14.5. The summed E-state index contributed by atoms with van der Waals surface area (Å²) < 4.78 is 11.2. The second-order valence-corrected chi connectivity index (χ2v) is 11.4. The molecule has 0 fully saturated rings. The smallest absolute Gasteiger partial charge is 0.357 e. The number of esters is 1. The van der Waals surface area contributed by atoms with Crippen molar-refractivity contribution in [2.24, 2.45) is 0 Å². The first-order valence-corrected chi connectivity index (χ1v) is 16.2. The number of fused-ring (bicyclic) bond motifs is 4. The summed E-state index contributed by atoms with van der Waals surface area (Å²) in [5, 5.41) is 11.3. The Morgan fingerprint density at radius 3 is 2.60 bits per heavy atom. The lowest BCUT2D eigenvalue weighted by atomic mass is 9.93. The highest BCUT2D eigenvalue weighted by Crippen LogP contribution is 2.43. The maximum atomic E-state index is 14.1. The number of hydrogen-bond donors (Lipinski definition) is 3. The zero-order chi connectivity index (χ0) is 31.9. The number of anilines is 1. The number of aromatic nitrogens is 1. The Kier molecular flexibility index (Phi) is 10.3. The van der Waals surface area contributed by atoms with Crippen LogP contribution in [0.3, 0.4) is 0 Å². The third-order valence-corrected chi connectivity index (χ3v) is 8.66. The van der Waals surface area contributed by atoms with Gasteiger partial charge >= 0.3 is 5.97 Å². The molecule has 2 aliphatic rings. The average molecular weight is 627 g/mol. The summed E-state index contributed by atoms with van der Waals surface area (Å²) in [7, 11) is 1.26. The van der Waals surface area contributed by atoms with Gasteiger partial charge in [0, 0.05) is 52.3 Å². The number of carbonyl (C=O) groups excluding carboxylic acids is 3. The third-order valence-electron chi connectivity index (χ3n) is 7.67. The minimum atomic E-state index is -0.716. The molecule has 0 aliphatic carbocycles. The summed E-state index contributed by atoms with van der Waals surface area (Å²) in [6.07, 6.45) is 2.38. The summed E-state index contributed by atoms with van der Waals surface area (Å²) in [6.45, 7) is 8.59. The fourth-order valence-corrected chi connectivity index (χ4v) is 6.44. The van der Waals surface area contributed by atoms with Crippen LogP contribution < -0.4 is 20.7 Å². The van der Waals surface area contributed by atoms with E-state index in [9.17, 15) is 14.4 Å². The molecule has 0 radical (unpaired) electrons. The normalized spacial score (nSPS) is 13.0. The minimum Gasteiger partial charge on any atom is -0.493 e. The monoisotopic (exact) mass is 626 g/mol. The van der Waals surface area contributed by atoms with Crippen molar-refractivity contribution in [3.05, 3.63) is 87.6 Å². The average Bonchev–Trinajstić information content (AvgIpc) is 3.48. The van der Waals surface area contributed by atoms with Gasteiger partial charge in [0.25, 0.3) is 11.8 Å². The number of carbonyl (C=O) groups is 3. The molecule has 4 heterocycles. The van der Waals surface area contributed by atoms with E-state index < -0.39 is 11.9 Å². The van der Waals surface area contributed by atoms with Gasteiger partial charge in [-0.1, -0.05) is 26.8 Å². The first-order valence-electron chi connectivity index (χ1n) is 15.4. The SMILES string of the molecule is CC.CCCNC(=O)c1ccc(-c2cc3c(cc2C(=O)Nc2ccc4c(c2)CCNC4)-c2sccc2CCO3)c(C(=O)OC)n1. The Morgan fingerprint density at radius 2 is 1.80 bits per heavy atom. The summed E-state index contributed by atoms with van der Waals surface area (Å²) in [5.74, 6) is -0.843. The predicted molar refractivity (Wildman–Crippen MR) is 177 cm³/mol. The van der Waals surface area contributed by atoms with E-state index in [4.69, 9.17) is 9.47 Å². The lowest BCUT2D eigenvalue weighted by Gasteiger charge is -2.19. The van der Waals surface area contributed by atoms with Gasteiger partial charge in [0.15, 0.2) is 5.69 Å². The number of amides is 2. The van der Waals surface area contributed by atoms with E-state index in [1.54, 1.807) is 29.5 Å². The first kappa shape index (κ1) is 31.9. The number of hydrogen-bond acceptors (Lipinski definition) is 8. The number of methoxy groups -OCH3 is 1. The molecule has 0 unspecified atom stereocenters. The van der Waals surface area contributed by atoms with Crippen molar-refractivity contribution in [2.45, 2.75) is 46.6 Å². The predicted octanol–water partition coefficient (Wildman–Crippen LogP) is 6.26. The van der Waals surface area contributed by atoms with Crippen molar-refractivity contribution >= 4 is 34.8 Å². The topological polar surface area (TPSA) is 119 Å². The summed E-state index contributed by atoms with van der Waals surface area (Å²) in [6, 6.07) is 14.8. The van der Waals surface area contributed by atoms with Crippen LogP contribution in [0.5, 0.6) is 5.75 Å². The van der Waals surface area contributed by atoms with Crippen LogP contribution >= 0.6 is 11.3 Å². The maximum absolute atomic E-state index is 14.1. The molecule has 0 saturated carbocycles. The number of thiophene rings is 1. The lowest BCUT2D eigenvalue weighted by molar-refractivity contribution is 0.0594. The molecule has 4 aromatic rings. The number of ether oxygens (including phenoxy) is 2. The molecule has 0 atom stereocenters. The van der Waals surface area contributed by atoms with Crippen molar-refractivity contribution in [2.75, 3.05) is 32.1 Å². The number of nitrogens with zero attached hydrogens (tertiary/aromatic N) is 1. The van der Waals surface area contributed by atoms with Gasteiger partial charge in [-0.15, -0.1) is 11.3 Å². The Bertz CT molecular complexity index is 1730. The van der Waals surface area contributed by atoms with Gasteiger partial charge < -0.3 is 25.4 Å². The maximum Gasteiger partial charge on any atom is 0.357 e. The van der Waals surface area contributed by atoms with Crippen molar-refractivity contribution in [1.82, 2.24) is 15.6 Å². The van der Waals surface area contributed by atoms with Gasteiger partial charge in [0.2, 0.25) is 0 Å². The van der Waals surface area contributed by atoms with E-state index in [2.05, 4.69) is 27.0 Å². The van der Waals surface area contributed by atoms with Crippen LogP contribution in [-0.2, 0) is 24.1 Å². The van der Waals surface area contributed by atoms with E-state index in [1.165, 1.54) is 18.2 Å². The largest absolute Gasteiger partial charge is 0.493 e. The van der Waals surface area contributed by atoms with Crippen LogP contribution in [0.2, 0.25) is 0 Å². The molecule has 6 rings (SSSR count). The minimum absolute atomic E-state index is 0.0626. The molecular weight excluding hydrogens is 588 g/mol. The molecule has 0 spiro atoms. The molecule has 9 nitrogen and oxygen atoms in total. The Morgan fingerprint density at radius 1 is 0.956 bits per heavy atom. The molecule has 45 heavy (non-hydrogen) atoms. The van der Waals surface area contributed by atoms with Crippen LogP contribution in [0.15, 0.2) is 53.9 Å². The molecule has 2 aromatic carbocycles. The zero-order valence-electron chi connectivity index (χ0n) is 26.0. The Hall–Kier alpha value is -4.54. The van der Waals surface area contributed by atoms with Crippen LogP contribution in [0.4, 0.5) is 5.69 Å². The van der Waals surface area contributed by atoms with Gasteiger partial charge in [0.05, 0.1) is 13.7 Å². The number of rotatable bonds is 7. The van der Waals surface area contributed by atoms with Crippen LogP contribution in [0, 0.1) is 0 Å². The van der Waals surface area contributed by atoms with Crippen molar-refractivity contribution in [1.29, 1.82) is 0 Å². The van der Waals surface area contributed by atoms with Crippen molar-refractivity contribution in [3.8, 4) is 27.3 Å². The second-order valence-electron chi connectivity index (χ2n) is 10.5. The van der Waals surface area contributed by atoms with E-state index in [0.29, 0.717) is 41.3 Å². The highest BCUT2D eigenvalue weighted by molar-refractivity contribution is 7.13. The fraction of sp³-hybridized carbons (Fsp3) is 0.314. The molecule has 234 valence electrons. The summed E-state index contributed by atoms with van der Waals surface area (Å²) in [5.41, 5.74) is 6.26. The Balaban J connectivity index is 0.00000196. The van der Waals surface area contributed by atoms with Crippen LogP contribution in [-0.4, -0.2) is 49.6 Å². The number of nitrogens with one attached hydrogen (secondary N) is 3. The fourth-order valence-electron chi connectivity index (χ4n) is 5.46. The summed E-state index contributed by atoms with van der Waals surface area (Å²) >= 11 is 1.60. The third kappa shape index (κ3) is 6.77. The molecular formula is C35H38N4O5S. The Labute approximate surface area is 267 Å². The highest BCUT2D eigenvalue weighted by atomic mass is 32.1. The molecule has 2 aromatic heterocycles. The molecule has 0 saturated heterocycles. The molecule has 2 aliphatic heterocycles. The number of benzene rings is 2. The summed E-state index contributed by atoms with van der Waals surface area (Å²) in [4.78, 5) is 45.3. The van der Waals surface area contributed by atoms with E-state index in [-0.39, 0.29) is 17.3 Å². The first-order chi connectivity index (χ1) is 22.0. The highest BCUT2D eigenvalue weighted by Gasteiger charge is 2.27. The number of pyridine rings is 1. The van der Waals surface area contributed by atoms with Gasteiger partial charge in [0.1, 0.15) is 11.4 Å². The lowest BCUT2D eigenvalue weighted by Crippen LogP contribution is -2.26. The van der Waals surface area contributed by atoms with Gasteiger partial charge in [-0.3, -0.25) is 9.59 Å². The van der Waals surface area contributed by atoms with Crippen LogP contribution in [0.25, 0.3) is 21.6 Å². The zero-order valence-corrected chi connectivity index (χ0v) is 26.9. The molecule has 10 heteroatoms. The quantitative estimate of drug-likeness (QED) is 0.207. The molecule has 0 bridgehead atoms. The van der Waals surface area contributed by atoms with Crippen LogP contribution in [0.1, 0.15) is 75.2 Å². The standard InChI is InChI=1S/C33H32N4O5S.C2H6/c1-3-11-35-32(39)27-7-6-23(29(37-27)33(40)41-2)24-17-28-26(30-19(9-13-42-28)10-14-43-30)16-25(24)31(38)36-22-5-4-21-18-34-12-8-20(21)15-22;1-2/h4-7,10,14-17,34H,3,8-9,11-13,18H2,1-2H3,(H,35,39)(H,36,38);1-2H3. The van der Waals surface area contributed by atoms with E-state index >= 15 is 0 Å². The van der Waals surface area contributed by atoms with E-state index in [0.717, 1.165) is 48.4 Å². The van der Waals surface area contributed by atoms with Crippen molar-refractivity contribution in [3.63, 3.8) is 0 Å². The molecule has 3 N–H and O–H groups in total. The van der Waals surface area contributed by atoms with Crippen molar-refractivity contribution < 1.29 is 23.9 Å². The van der Waals surface area contributed by atoms with Gasteiger partial charge in [-0.25, -0.2) is 9.78 Å².